The minimum absolute atomic E-state index is 0.0149. The molecule has 0 spiro atoms. The van der Waals surface area contributed by atoms with Crippen LogP contribution in [0.4, 0.5) is 0 Å². The summed E-state index contributed by atoms with van der Waals surface area (Å²) < 4.78 is 5.80. The highest BCUT2D eigenvalue weighted by Gasteiger charge is 2.45. The molecule has 0 aromatic heterocycles. The second-order valence-electron chi connectivity index (χ2n) is 10.5. The van der Waals surface area contributed by atoms with Crippen molar-refractivity contribution in [2.75, 3.05) is 13.2 Å². The molecule has 3 rings (SSSR count). The van der Waals surface area contributed by atoms with Crippen LogP contribution in [0.1, 0.15) is 77.1 Å². The van der Waals surface area contributed by atoms with Gasteiger partial charge < -0.3 is 14.7 Å². The third kappa shape index (κ3) is 5.52. The molecule has 1 fully saturated rings. The molecule has 182 valence electrons. The third-order valence-corrected chi connectivity index (χ3v) is 6.08. The van der Waals surface area contributed by atoms with E-state index in [1.807, 2.05) is 37.3 Å². The number of likely N-dealkylation sites (tertiary alicyclic amines) is 1. The van der Waals surface area contributed by atoms with Gasteiger partial charge in [0.15, 0.2) is 0 Å². The smallest absolute Gasteiger partial charge is 0.295 e. The zero-order chi connectivity index (χ0) is 25.0. The highest BCUT2D eigenvalue weighted by atomic mass is 16.5. The zero-order valence-corrected chi connectivity index (χ0v) is 21.2. The monoisotopic (exact) mass is 463 g/mol. The Hall–Kier alpha value is -3.08. The predicted octanol–water partition coefficient (Wildman–Crippen LogP) is 6.24. The third-order valence-electron chi connectivity index (χ3n) is 6.08. The number of carbonyl (C=O) groups is 2. The Morgan fingerprint density at radius 3 is 2.35 bits per heavy atom. The number of unbranched alkanes of at least 4 members (excludes halogenated alkanes) is 1. The van der Waals surface area contributed by atoms with Gasteiger partial charge in [-0.05, 0) is 41.0 Å². The number of ether oxygens (including phenoxy) is 1. The van der Waals surface area contributed by atoms with Gasteiger partial charge in [0, 0.05) is 12.1 Å². The molecule has 1 amide bonds. The Kier molecular flexibility index (Phi) is 7.86. The van der Waals surface area contributed by atoms with Crippen molar-refractivity contribution in [2.45, 2.75) is 65.8 Å². The fourth-order valence-electron chi connectivity index (χ4n) is 4.10. The van der Waals surface area contributed by atoms with Crippen LogP contribution >= 0.6 is 0 Å². The minimum atomic E-state index is -0.646. The molecule has 1 unspecified atom stereocenters. The molecule has 1 aliphatic rings. The molecule has 34 heavy (non-hydrogen) atoms. The number of Topliss-reactive ketones (excluding diaryl/α,β-unsaturated/α-hetero) is 1. The van der Waals surface area contributed by atoms with Crippen molar-refractivity contribution < 1.29 is 19.4 Å². The molecule has 2 aromatic carbocycles. The summed E-state index contributed by atoms with van der Waals surface area (Å²) in [5.74, 6) is -0.405. The first-order chi connectivity index (χ1) is 16.0. The van der Waals surface area contributed by atoms with Crippen LogP contribution in [0.2, 0.25) is 0 Å². The number of hydrogen-bond acceptors (Lipinski definition) is 4. The predicted molar refractivity (Wildman–Crippen MR) is 136 cm³/mol. The van der Waals surface area contributed by atoms with E-state index in [1.165, 1.54) is 0 Å². The lowest BCUT2D eigenvalue weighted by Crippen LogP contribution is -2.30. The summed E-state index contributed by atoms with van der Waals surface area (Å²) >= 11 is 0. The number of carbonyl (C=O) groups excluding carboxylic acids is 2. The highest BCUT2D eigenvalue weighted by Crippen LogP contribution is 2.40. The maximum atomic E-state index is 13.2. The maximum Gasteiger partial charge on any atom is 0.295 e. The van der Waals surface area contributed by atoms with Crippen molar-refractivity contribution in [3.8, 4) is 5.75 Å². The number of rotatable bonds is 8. The SMILES string of the molecule is CCCCN1C(=O)C(=O)/C(=C(\O)c2cccc(OCC(C)C)c2)C1c1ccc(C(C)(C)C)cc1. The number of ketones is 1. The molecule has 0 bridgehead atoms. The average molecular weight is 464 g/mol. The van der Waals surface area contributed by atoms with Gasteiger partial charge in [-0.1, -0.05) is 84.4 Å². The van der Waals surface area contributed by atoms with Crippen molar-refractivity contribution >= 4 is 17.4 Å². The van der Waals surface area contributed by atoms with E-state index in [4.69, 9.17) is 4.74 Å². The Balaban J connectivity index is 2.09. The molecule has 1 saturated heterocycles. The van der Waals surface area contributed by atoms with Gasteiger partial charge in [0.25, 0.3) is 11.7 Å². The topological polar surface area (TPSA) is 66.8 Å². The van der Waals surface area contributed by atoms with Gasteiger partial charge in [-0.25, -0.2) is 0 Å². The number of aliphatic hydroxyl groups excluding tert-OH is 1. The van der Waals surface area contributed by atoms with E-state index in [0.29, 0.717) is 30.4 Å². The van der Waals surface area contributed by atoms with E-state index in [2.05, 4.69) is 34.6 Å². The second-order valence-corrected chi connectivity index (χ2v) is 10.5. The van der Waals surface area contributed by atoms with Gasteiger partial charge in [-0.3, -0.25) is 9.59 Å². The lowest BCUT2D eigenvalue weighted by molar-refractivity contribution is -0.139. The second kappa shape index (κ2) is 10.5. The lowest BCUT2D eigenvalue weighted by atomic mass is 9.85. The van der Waals surface area contributed by atoms with Gasteiger partial charge in [0.1, 0.15) is 11.5 Å². The van der Waals surface area contributed by atoms with Crippen LogP contribution in [-0.4, -0.2) is 34.8 Å². The molecular weight excluding hydrogens is 426 g/mol. The number of benzene rings is 2. The van der Waals surface area contributed by atoms with E-state index < -0.39 is 17.7 Å². The zero-order valence-electron chi connectivity index (χ0n) is 21.2. The van der Waals surface area contributed by atoms with Crippen LogP contribution in [0.3, 0.4) is 0 Å². The van der Waals surface area contributed by atoms with Crippen molar-refractivity contribution in [2.24, 2.45) is 5.92 Å². The van der Waals surface area contributed by atoms with E-state index in [-0.39, 0.29) is 16.7 Å². The van der Waals surface area contributed by atoms with Crippen molar-refractivity contribution in [1.29, 1.82) is 0 Å². The van der Waals surface area contributed by atoms with Gasteiger partial charge >= 0.3 is 0 Å². The van der Waals surface area contributed by atoms with Crippen LogP contribution in [0.25, 0.3) is 5.76 Å². The number of aliphatic hydroxyl groups is 1. The Morgan fingerprint density at radius 1 is 1.09 bits per heavy atom. The summed E-state index contributed by atoms with van der Waals surface area (Å²) in [5.41, 5.74) is 2.56. The standard InChI is InChI=1S/C29H37NO4/c1-7-8-16-30-25(20-12-14-22(15-13-20)29(4,5)6)24(27(32)28(30)33)26(31)21-10-9-11-23(17-21)34-18-19(2)3/h9-15,17,19,25,31H,7-8,16,18H2,1-6H3/b26-24-. The van der Waals surface area contributed by atoms with E-state index in [1.54, 1.807) is 23.1 Å². The first-order valence-corrected chi connectivity index (χ1v) is 12.2. The van der Waals surface area contributed by atoms with E-state index >= 15 is 0 Å². The summed E-state index contributed by atoms with van der Waals surface area (Å²) in [5, 5.41) is 11.3. The Bertz CT molecular complexity index is 1060. The van der Waals surface area contributed by atoms with Gasteiger partial charge in [0.05, 0.1) is 18.2 Å². The first kappa shape index (κ1) is 25.5. The van der Waals surface area contributed by atoms with Crippen LogP contribution < -0.4 is 4.74 Å². The molecule has 0 aliphatic carbocycles. The number of nitrogens with zero attached hydrogens (tertiary/aromatic N) is 1. The summed E-state index contributed by atoms with van der Waals surface area (Å²) in [7, 11) is 0. The van der Waals surface area contributed by atoms with Crippen LogP contribution in [0.15, 0.2) is 54.1 Å². The normalized spacial score (nSPS) is 18.1. The van der Waals surface area contributed by atoms with Crippen molar-refractivity contribution in [3.63, 3.8) is 0 Å². The van der Waals surface area contributed by atoms with E-state index in [0.717, 1.165) is 24.0 Å². The maximum absolute atomic E-state index is 13.2. The average Bonchev–Trinajstić information content (AvgIpc) is 3.05. The molecule has 0 saturated carbocycles. The van der Waals surface area contributed by atoms with E-state index in [9.17, 15) is 14.7 Å². The van der Waals surface area contributed by atoms with Gasteiger partial charge in [-0.2, -0.15) is 0 Å². The van der Waals surface area contributed by atoms with Gasteiger partial charge in [-0.15, -0.1) is 0 Å². The molecule has 5 heteroatoms. The Morgan fingerprint density at radius 2 is 1.76 bits per heavy atom. The number of amides is 1. The quantitative estimate of drug-likeness (QED) is 0.286. The Labute approximate surface area is 203 Å². The summed E-state index contributed by atoms with van der Waals surface area (Å²) in [6.07, 6.45) is 1.68. The molecule has 2 aromatic rings. The van der Waals surface area contributed by atoms with Crippen molar-refractivity contribution in [1.82, 2.24) is 4.90 Å². The fourth-order valence-corrected chi connectivity index (χ4v) is 4.10. The molecule has 1 heterocycles. The number of hydrogen-bond donors (Lipinski definition) is 1. The van der Waals surface area contributed by atoms with Gasteiger partial charge in [0.2, 0.25) is 0 Å². The summed E-state index contributed by atoms with van der Waals surface area (Å²) in [6.45, 7) is 13.6. The largest absolute Gasteiger partial charge is 0.507 e. The molecule has 1 atom stereocenters. The molecular formula is C29H37NO4. The minimum Gasteiger partial charge on any atom is -0.507 e. The lowest BCUT2D eigenvalue weighted by Gasteiger charge is -2.26. The first-order valence-electron chi connectivity index (χ1n) is 12.2. The van der Waals surface area contributed by atoms with Crippen LogP contribution in [0, 0.1) is 5.92 Å². The fraction of sp³-hybridized carbons (Fsp3) is 0.448. The molecule has 1 aliphatic heterocycles. The van der Waals surface area contributed by atoms with Crippen LogP contribution in [0.5, 0.6) is 5.75 Å². The van der Waals surface area contributed by atoms with Crippen LogP contribution in [-0.2, 0) is 15.0 Å². The summed E-state index contributed by atoms with van der Waals surface area (Å²) in [6, 6.07) is 14.4. The highest BCUT2D eigenvalue weighted by molar-refractivity contribution is 6.46. The summed E-state index contributed by atoms with van der Waals surface area (Å²) in [4.78, 5) is 27.8. The molecule has 0 radical (unpaired) electrons. The van der Waals surface area contributed by atoms with Crippen molar-refractivity contribution in [3.05, 3.63) is 70.8 Å². The molecule has 1 N–H and O–H groups in total. The molecule has 5 nitrogen and oxygen atoms in total.